The van der Waals surface area contributed by atoms with Crippen molar-refractivity contribution in [2.75, 3.05) is 5.32 Å². The zero-order valence-electron chi connectivity index (χ0n) is 19.8. The van der Waals surface area contributed by atoms with Gasteiger partial charge in [-0.05, 0) is 96.5 Å². The number of hydrogen-bond donors (Lipinski definition) is 2. The maximum absolute atomic E-state index is 12.6. The molecule has 0 aliphatic heterocycles. The minimum Gasteiger partial charge on any atom is -0.480 e. The van der Waals surface area contributed by atoms with E-state index < -0.39 is 11.5 Å². The minimum absolute atomic E-state index is 0.0615. The monoisotopic (exact) mass is 484 g/mol. The molecular formula is C30H29ClN2O2. The maximum Gasteiger partial charge on any atom is 0.329 e. The molecule has 2 aliphatic carbocycles. The molecule has 2 N–H and O–H groups in total. The largest absolute Gasteiger partial charge is 0.480 e. The van der Waals surface area contributed by atoms with Gasteiger partial charge in [0.05, 0.1) is 0 Å². The Kier molecular flexibility index (Phi) is 5.19. The third kappa shape index (κ3) is 3.54. The van der Waals surface area contributed by atoms with E-state index in [9.17, 15) is 9.90 Å². The average molecular weight is 485 g/mol. The number of aliphatic carboxylic acids is 1. The minimum atomic E-state index is -0.999. The van der Waals surface area contributed by atoms with E-state index in [0.717, 1.165) is 24.9 Å². The lowest BCUT2D eigenvalue weighted by Crippen LogP contribution is -2.52. The molecule has 1 atom stereocenters. The normalized spacial score (nSPS) is 25.6. The molecule has 6 rings (SSSR count). The summed E-state index contributed by atoms with van der Waals surface area (Å²) < 4.78 is 2.15. The predicted molar refractivity (Wildman–Crippen MR) is 141 cm³/mol. The molecule has 178 valence electrons. The number of carbonyl (C=O) groups is 1. The molecule has 0 radical (unpaired) electrons. The fourth-order valence-corrected chi connectivity index (χ4v) is 6.91. The van der Waals surface area contributed by atoms with Crippen molar-refractivity contribution in [3.05, 3.63) is 101 Å². The van der Waals surface area contributed by atoms with Crippen molar-refractivity contribution in [1.82, 2.24) is 4.57 Å². The van der Waals surface area contributed by atoms with Gasteiger partial charge in [0.15, 0.2) is 0 Å². The molecule has 0 saturated heterocycles. The van der Waals surface area contributed by atoms with Crippen molar-refractivity contribution >= 4 is 34.2 Å². The highest BCUT2D eigenvalue weighted by molar-refractivity contribution is 6.30. The van der Waals surface area contributed by atoms with E-state index >= 15 is 0 Å². The lowest BCUT2D eigenvalue weighted by Gasteiger charge is -2.47. The van der Waals surface area contributed by atoms with E-state index in [-0.39, 0.29) is 5.41 Å². The molecule has 35 heavy (non-hydrogen) atoms. The number of carboxylic acid groups (broad SMARTS) is 1. The van der Waals surface area contributed by atoms with Gasteiger partial charge < -0.3 is 15.0 Å². The van der Waals surface area contributed by atoms with Gasteiger partial charge in [0.2, 0.25) is 0 Å². The Hall–Kier alpha value is -3.24. The smallest absolute Gasteiger partial charge is 0.329 e. The molecule has 4 nitrogen and oxygen atoms in total. The summed E-state index contributed by atoms with van der Waals surface area (Å²) in [6.45, 7) is 0. The van der Waals surface area contributed by atoms with Gasteiger partial charge in [0.25, 0.3) is 0 Å². The Balaban J connectivity index is 1.38. The first kappa shape index (κ1) is 22.2. The summed E-state index contributed by atoms with van der Waals surface area (Å²) in [4.78, 5) is 12.6. The van der Waals surface area contributed by atoms with Crippen LogP contribution in [-0.4, -0.2) is 21.2 Å². The molecule has 1 saturated carbocycles. The van der Waals surface area contributed by atoms with Crippen LogP contribution in [0.2, 0.25) is 5.02 Å². The van der Waals surface area contributed by atoms with E-state index in [0.29, 0.717) is 23.8 Å². The van der Waals surface area contributed by atoms with Gasteiger partial charge in [-0.3, -0.25) is 0 Å². The van der Waals surface area contributed by atoms with Crippen LogP contribution in [0.3, 0.4) is 0 Å². The predicted octanol–water partition coefficient (Wildman–Crippen LogP) is 6.92. The van der Waals surface area contributed by atoms with Crippen molar-refractivity contribution in [3.63, 3.8) is 0 Å². The Bertz CT molecular complexity index is 1430. The molecule has 2 aliphatic rings. The van der Waals surface area contributed by atoms with E-state index in [1.165, 1.54) is 27.6 Å². The van der Waals surface area contributed by atoms with Gasteiger partial charge in [-0.2, -0.15) is 0 Å². The Morgan fingerprint density at radius 3 is 2.57 bits per heavy atom. The molecule has 1 heterocycles. The van der Waals surface area contributed by atoms with Crippen LogP contribution in [0.1, 0.15) is 48.3 Å². The van der Waals surface area contributed by atoms with Crippen molar-refractivity contribution < 1.29 is 9.90 Å². The number of carboxylic acids is 1. The van der Waals surface area contributed by atoms with E-state index in [2.05, 4.69) is 71.7 Å². The van der Waals surface area contributed by atoms with Crippen molar-refractivity contribution in [2.24, 2.45) is 7.05 Å². The highest BCUT2D eigenvalue weighted by atomic mass is 35.5. The van der Waals surface area contributed by atoms with E-state index in [4.69, 9.17) is 11.6 Å². The first-order valence-corrected chi connectivity index (χ1v) is 12.7. The lowest BCUT2D eigenvalue weighted by molar-refractivity contribution is -0.144. The molecule has 1 unspecified atom stereocenters. The number of halogens is 1. The van der Waals surface area contributed by atoms with Gasteiger partial charge in [-0.1, -0.05) is 48.0 Å². The lowest BCUT2D eigenvalue weighted by atomic mass is 9.59. The molecule has 4 aromatic rings. The SMILES string of the molecule is Cn1ccc2cc(C3Cc4ccccc4C34CCC(Nc3cccc(Cl)c3)(C(=O)O)CC4)ccc21. The second-order valence-corrected chi connectivity index (χ2v) is 10.8. The molecule has 1 fully saturated rings. The summed E-state index contributed by atoms with van der Waals surface area (Å²) in [5.74, 6) is -0.455. The number of rotatable bonds is 4. The van der Waals surface area contributed by atoms with Crippen molar-refractivity contribution in [1.29, 1.82) is 0 Å². The van der Waals surface area contributed by atoms with Gasteiger partial charge in [-0.15, -0.1) is 0 Å². The highest BCUT2D eigenvalue weighted by Crippen LogP contribution is 2.58. The summed E-state index contributed by atoms with van der Waals surface area (Å²) in [6.07, 6.45) is 5.87. The third-order valence-corrected chi connectivity index (χ3v) is 8.80. The Morgan fingerprint density at radius 2 is 1.80 bits per heavy atom. The first-order chi connectivity index (χ1) is 16.9. The highest BCUT2D eigenvalue weighted by Gasteiger charge is 2.54. The standard InChI is InChI=1S/C30H29ClN2O2/c1-33-16-11-22-17-21(9-10-27(22)33)26-18-20-5-2-3-8-25(20)29(26)12-14-30(15-13-29,28(34)35)32-24-7-4-6-23(31)19-24/h2-11,16-17,19,26,32H,12-15,18H2,1H3,(H,34,35). The maximum atomic E-state index is 12.6. The fraction of sp³-hybridized carbons (Fsp3) is 0.300. The molecular weight excluding hydrogens is 456 g/mol. The van der Waals surface area contributed by atoms with Crippen LogP contribution in [0.5, 0.6) is 0 Å². The summed E-state index contributed by atoms with van der Waals surface area (Å²) in [5.41, 5.74) is 5.09. The van der Waals surface area contributed by atoms with Crippen LogP contribution < -0.4 is 5.32 Å². The van der Waals surface area contributed by atoms with E-state index in [1.807, 2.05) is 12.1 Å². The fourth-order valence-electron chi connectivity index (χ4n) is 6.72. The molecule has 3 aromatic carbocycles. The average Bonchev–Trinajstić information content (AvgIpc) is 3.38. The van der Waals surface area contributed by atoms with Crippen molar-refractivity contribution in [3.8, 4) is 0 Å². The number of benzene rings is 3. The number of nitrogens with zero attached hydrogens (tertiary/aromatic N) is 1. The second-order valence-electron chi connectivity index (χ2n) is 10.3. The summed E-state index contributed by atoms with van der Waals surface area (Å²) in [6, 6.07) is 25.2. The van der Waals surface area contributed by atoms with Crippen LogP contribution in [0, 0.1) is 0 Å². The van der Waals surface area contributed by atoms with Crippen LogP contribution >= 0.6 is 11.6 Å². The molecule has 1 spiro atoms. The Morgan fingerprint density at radius 1 is 1.00 bits per heavy atom. The number of hydrogen-bond acceptors (Lipinski definition) is 2. The zero-order valence-corrected chi connectivity index (χ0v) is 20.6. The number of fused-ring (bicyclic) bond motifs is 3. The quantitative estimate of drug-likeness (QED) is 0.330. The van der Waals surface area contributed by atoms with Gasteiger partial charge in [0.1, 0.15) is 5.54 Å². The van der Waals surface area contributed by atoms with Gasteiger partial charge in [0, 0.05) is 34.9 Å². The van der Waals surface area contributed by atoms with E-state index in [1.54, 1.807) is 12.1 Å². The van der Waals surface area contributed by atoms with Crippen LogP contribution in [0.15, 0.2) is 79.0 Å². The first-order valence-electron chi connectivity index (χ1n) is 12.3. The number of aromatic nitrogens is 1. The Labute approximate surface area is 210 Å². The third-order valence-electron chi connectivity index (χ3n) is 8.57. The molecule has 1 aromatic heterocycles. The number of nitrogens with one attached hydrogen (secondary N) is 1. The summed E-state index contributed by atoms with van der Waals surface area (Å²) in [7, 11) is 2.08. The van der Waals surface area contributed by atoms with Crippen LogP contribution in [-0.2, 0) is 23.7 Å². The topological polar surface area (TPSA) is 54.3 Å². The van der Waals surface area contributed by atoms with Crippen LogP contribution in [0.25, 0.3) is 10.9 Å². The van der Waals surface area contributed by atoms with Crippen LogP contribution in [0.4, 0.5) is 5.69 Å². The van der Waals surface area contributed by atoms with Gasteiger partial charge >= 0.3 is 5.97 Å². The number of anilines is 1. The zero-order chi connectivity index (χ0) is 24.2. The van der Waals surface area contributed by atoms with Crippen molar-refractivity contribution in [2.45, 2.75) is 49.0 Å². The second kappa shape index (κ2) is 8.17. The molecule has 5 heteroatoms. The molecule has 0 amide bonds. The van der Waals surface area contributed by atoms with Gasteiger partial charge in [-0.25, -0.2) is 4.79 Å². The molecule has 0 bridgehead atoms. The summed E-state index contributed by atoms with van der Waals surface area (Å²) in [5, 5.41) is 15.6. The summed E-state index contributed by atoms with van der Waals surface area (Å²) >= 11 is 6.18. The number of aryl methyl sites for hydroxylation is 1.